The lowest BCUT2D eigenvalue weighted by Gasteiger charge is -2.15. The zero-order chi connectivity index (χ0) is 11.5. The van der Waals surface area contributed by atoms with Crippen LogP contribution < -0.4 is 0 Å². The highest BCUT2D eigenvalue weighted by atomic mass is 16.5. The van der Waals surface area contributed by atoms with Gasteiger partial charge in [0, 0.05) is 12.6 Å². The van der Waals surface area contributed by atoms with Crippen molar-refractivity contribution in [3.8, 4) is 0 Å². The Kier molecular flexibility index (Phi) is 9.18. The molecule has 88 valence electrons. The summed E-state index contributed by atoms with van der Waals surface area (Å²) < 4.78 is 4.89. The molecule has 15 heavy (non-hydrogen) atoms. The third-order valence-electron chi connectivity index (χ3n) is 2.28. The Labute approximate surface area is 93.1 Å². The van der Waals surface area contributed by atoms with Crippen LogP contribution in [0, 0.1) is 0 Å². The van der Waals surface area contributed by atoms with E-state index in [9.17, 15) is 4.79 Å². The second-order valence-corrected chi connectivity index (χ2v) is 3.74. The van der Waals surface area contributed by atoms with Crippen LogP contribution >= 0.6 is 0 Å². The number of likely N-dealkylation sites (N-methyl/N-ethyl adjacent to an activating group) is 1. The fraction of sp³-hybridized carbons (Fsp3) is 0.750. The first-order chi connectivity index (χ1) is 7.20. The van der Waals surface area contributed by atoms with E-state index in [1.165, 1.54) is 31.8 Å². The highest BCUT2D eigenvalue weighted by molar-refractivity contribution is 5.81. The van der Waals surface area contributed by atoms with E-state index in [0.29, 0.717) is 6.61 Å². The van der Waals surface area contributed by atoms with Crippen molar-refractivity contribution in [2.24, 2.45) is 0 Å². The molecule has 0 radical (unpaired) electrons. The molecule has 0 heterocycles. The van der Waals surface area contributed by atoms with Crippen LogP contribution in [0.15, 0.2) is 12.7 Å². The third kappa shape index (κ3) is 9.47. The molecule has 0 atom stereocenters. The normalized spacial score (nSPS) is 10.3. The van der Waals surface area contributed by atoms with Gasteiger partial charge in [0.2, 0.25) is 0 Å². The molecular weight excluding hydrogens is 190 g/mol. The minimum absolute atomic E-state index is 0.339. The van der Waals surface area contributed by atoms with E-state index >= 15 is 0 Å². The molecule has 0 aliphatic rings. The number of hydrogen-bond acceptors (Lipinski definition) is 3. The molecule has 0 N–H and O–H groups in total. The number of esters is 1. The van der Waals surface area contributed by atoms with Crippen LogP contribution in [-0.4, -0.2) is 37.6 Å². The summed E-state index contributed by atoms with van der Waals surface area (Å²) in [5.41, 5.74) is 0. The Hall–Kier alpha value is -0.830. The zero-order valence-electron chi connectivity index (χ0n) is 10.00. The number of ether oxygens (including phenoxy) is 1. The SMILES string of the molecule is C=CC(=O)OCCN(C)CCCCCC. The number of hydrogen-bond donors (Lipinski definition) is 0. The lowest BCUT2D eigenvalue weighted by atomic mass is 10.2. The molecule has 0 aliphatic heterocycles. The summed E-state index contributed by atoms with van der Waals surface area (Å²) >= 11 is 0. The highest BCUT2D eigenvalue weighted by Gasteiger charge is 2.00. The Bertz CT molecular complexity index is 180. The van der Waals surface area contributed by atoms with Gasteiger partial charge < -0.3 is 9.64 Å². The van der Waals surface area contributed by atoms with Gasteiger partial charge in [0.15, 0.2) is 0 Å². The van der Waals surface area contributed by atoms with Gasteiger partial charge in [-0.15, -0.1) is 0 Å². The average molecular weight is 213 g/mol. The lowest BCUT2D eigenvalue weighted by molar-refractivity contribution is -0.138. The van der Waals surface area contributed by atoms with Gasteiger partial charge in [-0.25, -0.2) is 4.79 Å². The van der Waals surface area contributed by atoms with Crippen LogP contribution in [0.3, 0.4) is 0 Å². The fourth-order valence-electron chi connectivity index (χ4n) is 1.28. The van der Waals surface area contributed by atoms with Gasteiger partial charge in [-0.2, -0.15) is 0 Å². The summed E-state index contributed by atoms with van der Waals surface area (Å²) in [7, 11) is 2.05. The second kappa shape index (κ2) is 9.71. The summed E-state index contributed by atoms with van der Waals surface area (Å²) in [6, 6.07) is 0. The molecule has 0 unspecified atom stereocenters. The van der Waals surface area contributed by atoms with E-state index in [1.807, 2.05) is 7.05 Å². The molecular formula is C12H23NO2. The molecule has 0 fully saturated rings. The molecule has 0 saturated carbocycles. The predicted molar refractivity (Wildman–Crippen MR) is 62.8 cm³/mol. The second-order valence-electron chi connectivity index (χ2n) is 3.74. The molecule has 0 aromatic carbocycles. The number of unbranched alkanes of at least 4 members (excludes halogenated alkanes) is 3. The number of rotatable bonds is 9. The van der Waals surface area contributed by atoms with Crippen molar-refractivity contribution >= 4 is 5.97 Å². The van der Waals surface area contributed by atoms with Crippen molar-refractivity contribution in [1.29, 1.82) is 0 Å². The Morgan fingerprint density at radius 1 is 1.33 bits per heavy atom. The third-order valence-corrected chi connectivity index (χ3v) is 2.28. The lowest BCUT2D eigenvalue weighted by Crippen LogP contribution is -2.25. The smallest absolute Gasteiger partial charge is 0.330 e. The first-order valence-electron chi connectivity index (χ1n) is 5.68. The molecule has 0 aliphatic carbocycles. The number of nitrogens with zero attached hydrogens (tertiary/aromatic N) is 1. The molecule has 3 heteroatoms. The van der Waals surface area contributed by atoms with Crippen molar-refractivity contribution in [3.05, 3.63) is 12.7 Å². The largest absolute Gasteiger partial charge is 0.461 e. The van der Waals surface area contributed by atoms with Gasteiger partial charge in [0.05, 0.1) is 0 Å². The molecule has 0 rings (SSSR count). The minimum Gasteiger partial charge on any atom is -0.461 e. The van der Waals surface area contributed by atoms with E-state index in [1.54, 1.807) is 0 Å². The highest BCUT2D eigenvalue weighted by Crippen LogP contribution is 1.99. The van der Waals surface area contributed by atoms with E-state index in [-0.39, 0.29) is 5.97 Å². The summed E-state index contributed by atoms with van der Waals surface area (Å²) in [4.78, 5) is 12.9. The summed E-state index contributed by atoms with van der Waals surface area (Å²) in [5.74, 6) is -0.339. The molecule has 3 nitrogen and oxygen atoms in total. The number of carbonyl (C=O) groups is 1. The van der Waals surface area contributed by atoms with Gasteiger partial charge >= 0.3 is 5.97 Å². The zero-order valence-corrected chi connectivity index (χ0v) is 10.00. The Morgan fingerprint density at radius 3 is 2.67 bits per heavy atom. The van der Waals surface area contributed by atoms with Crippen LogP contribution in [0.25, 0.3) is 0 Å². The molecule has 0 bridgehead atoms. The molecule has 0 aromatic rings. The van der Waals surface area contributed by atoms with Crippen molar-refractivity contribution in [3.63, 3.8) is 0 Å². The summed E-state index contributed by atoms with van der Waals surface area (Å²) in [5, 5.41) is 0. The van der Waals surface area contributed by atoms with Gasteiger partial charge in [0.1, 0.15) is 6.61 Å². The molecule has 0 saturated heterocycles. The molecule has 0 aromatic heterocycles. The maximum atomic E-state index is 10.7. The first-order valence-corrected chi connectivity index (χ1v) is 5.68. The molecule has 0 spiro atoms. The van der Waals surface area contributed by atoms with E-state index in [0.717, 1.165) is 13.1 Å². The van der Waals surface area contributed by atoms with Crippen molar-refractivity contribution in [1.82, 2.24) is 4.90 Å². The number of carbonyl (C=O) groups excluding carboxylic acids is 1. The maximum Gasteiger partial charge on any atom is 0.330 e. The van der Waals surface area contributed by atoms with Crippen molar-refractivity contribution in [2.45, 2.75) is 32.6 Å². The van der Waals surface area contributed by atoms with Crippen LogP contribution in [0.2, 0.25) is 0 Å². The Balaban J connectivity index is 3.29. The first kappa shape index (κ1) is 14.2. The topological polar surface area (TPSA) is 29.5 Å². The average Bonchev–Trinajstić information content (AvgIpc) is 2.24. The van der Waals surface area contributed by atoms with Crippen LogP contribution in [0.4, 0.5) is 0 Å². The standard InChI is InChI=1S/C12H23NO2/c1-4-6-7-8-9-13(3)10-11-15-12(14)5-2/h5H,2,4,6-11H2,1,3H3. The maximum absolute atomic E-state index is 10.7. The van der Waals surface area contributed by atoms with Crippen LogP contribution in [0.5, 0.6) is 0 Å². The minimum atomic E-state index is -0.339. The van der Waals surface area contributed by atoms with Gasteiger partial charge in [-0.1, -0.05) is 32.8 Å². The van der Waals surface area contributed by atoms with Gasteiger partial charge in [-0.05, 0) is 20.0 Å². The van der Waals surface area contributed by atoms with Crippen LogP contribution in [0.1, 0.15) is 32.6 Å². The van der Waals surface area contributed by atoms with E-state index < -0.39 is 0 Å². The predicted octanol–water partition coefficient (Wildman–Crippen LogP) is 2.23. The quantitative estimate of drug-likeness (QED) is 0.334. The molecule has 0 amide bonds. The summed E-state index contributed by atoms with van der Waals surface area (Å²) in [6.45, 7) is 7.87. The van der Waals surface area contributed by atoms with Gasteiger partial charge in [0.25, 0.3) is 0 Å². The monoisotopic (exact) mass is 213 g/mol. The van der Waals surface area contributed by atoms with Gasteiger partial charge in [-0.3, -0.25) is 0 Å². The Morgan fingerprint density at radius 2 is 2.07 bits per heavy atom. The summed E-state index contributed by atoms with van der Waals surface area (Å²) in [6.07, 6.45) is 6.27. The van der Waals surface area contributed by atoms with E-state index in [4.69, 9.17) is 4.74 Å². The fourth-order valence-corrected chi connectivity index (χ4v) is 1.28. The van der Waals surface area contributed by atoms with Crippen molar-refractivity contribution < 1.29 is 9.53 Å². The van der Waals surface area contributed by atoms with Crippen molar-refractivity contribution in [2.75, 3.05) is 26.7 Å². The van der Waals surface area contributed by atoms with Crippen LogP contribution in [-0.2, 0) is 9.53 Å². The van der Waals surface area contributed by atoms with E-state index in [2.05, 4.69) is 18.4 Å².